The summed E-state index contributed by atoms with van der Waals surface area (Å²) in [6, 6.07) is 12.2. The largest absolute Gasteiger partial charge is 0.478 e. The highest BCUT2D eigenvalue weighted by Crippen LogP contribution is 2.31. The molecular weight excluding hydrogens is 480 g/mol. The predicted octanol–water partition coefficient (Wildman–Crippen LogP) is 4.71. The first-order chi connectivity index (χ1) is 17.5. The van der Waals surface area contributed by atoms with Crippen molar-refractivity contribution < 1.29 is 44.3 Å². The average molecular weight is 519 g/mol. The zero-order valence-corrected chi connectivity index (χ0v) is 21.7. The van der Waals surface area contributed by atoms with E-state index in [1.165, 1.54) is 24.3 Å². The number of benzene rings is 2. The fraction of sp³-hybridized carbons (Fsp3) is 0.464. The first-order valence-electron chi connectivity index (χ1n) is 12.3. The lowest BCUT2D eigenvalue weighted by molar-refractivity contribution is -0.248. The standard InChI is InChI=1S/C16H22O5.C8H6O3.C4H10O/c1-3-13(17)9-14-8-10(2)20-16(21-14)12-6-4-11(5-7-12)15(18)19;9-5-6-1-3-7(4-2-6)8(10)11;1-3-4(2)5/h4-7,10,13-14,16-17H,3,8-9H2,1-2H3,(H,18,19);1-5H,(H,10,11);4-5H,3H2,1-2H3. The van der Waals surface area contributed by atoms with Crippen LogP contribution in [0.4, 0.5) is 0 Å². The highest BCUT2D eigenvalue weighted by Gasteiger charge is 2.30. The van der Waals surface area contributed by atoms with Gasteiger partial charge < -0.3 is 29.9 Å². The maximum absolute atomic E-state index is 10.9. The van der Waals surface area contributed by atoms with Crippen molar-refractivity contribution in [3.63, 3.8) is 0 Å². The number of hydrogen-bond donors (Lipinski definition) is 4. The molecule has 0 spiro atoms. The molecule has 37 heavy (non-hydrogen) atoms. The Balaban J connectivity index is 0.000000356. The topological polar surface area (TPSA) is 151 Å². The molecule has 0 saturated carbocycles. The maximum atomic E-state index is 10.9. The van der Waals surface area contributed by atoms with Crippen molar-refractivity contribution in [2.45, 2.75) is 84.1 Å². The molecule has 1 aliphatic heterocycles. The first kappa shape index (κ1) is 31.9. The summed E-state index contributed by atoms with van der Waals surface area (Å²) in [5.74, 6) is -1.94. The number of aromatic carboxylic acids is 2. The normalized spacial score (nSPS) is 20.2. The third kappa shape index (κ3) is 12.1. The Labute approximate surface area is 217 Å². The Morgan fingerprint density at radius 3 is 1.81 bits per heavy atom. The minimum Gasteiger partial charge on any atom is -0.478 e. The van der Waals surface area contributed by atoms with E-state index in [4.69, 9.17) is 24.8 Å². The van der Waals surface area contributed by atoms with Gasteiger partial charge in [-0.05, 0) is 63.8 Å². The molecule has 0 radical (unpaired) electrons. The number of rotatable bonds is 8. The first-order valence-corrected chi connectivity index (χ1v) is 12.3. The molecule has 4 N–H and O–H groups in total. The second-order valence-corrected chi connectivity index (χ2v) is 8.80. The molecule has 0 aromatic heterocycles. The van der Waals surface area contributed by atoms with Crippen molar-refractivity contribution in [1.29, 1.82) is 0 Å². The molecule has 1 heterocycles. The molecule has 0 bridgehead atoms. The van der Waals surface area contributed by atoms with E-state index < -0.39 is 18.2 Å². The molecule has 1 fully saturated rings. The van der Waals surface area contributed by atoms with Gasteiger partial charge in [0.25, 0.3) is 0 Å². The molecule has 0 amide bonds. The lowest BCUT2D eigenvalue weighted by atomic mass is 10.0. The summed E-state index contributed by atoms with van der Waals surface area (Å²) in [6.07, 6.45) is 2.58. The quantitative estimate of drug-likeness (QED) is 0.364. The minimum atomic E-state index is -0.984. The van der Waals surface area contributed by atoms with Gasteiger partial charge in [0.05, 0.1) is 35.5 Å². The highest BCUT2D eigenvalue weighted by molar-refractivity contribution is 5.88. The Kier molecular flexibility index (Phi) is 14.3. The van der Waals surface area contributed by atoms with Crippen molar-refractivity contribution in [3.8, 4) is 0 Å². The van der Waals surface area contributed by atoms with E-state index >= 15 is 0 Å². The zero-order valence-electron chi connectivity index (χ0n) is 21.7. The van der Waals surface area contributed by atoms with Crippen molar-refractivity contribution >= 4 is 18.2 Å². The number of carbonyl (C=O) groups is 3. The van der Waals surface area contributed by atoms with E-state index in [9.17, 15) is 19.5 Å². The fourth-order valence-corrected chi connectivity index (χ4v) is 3.17. The van der Waals surface area contributed by atoms with Gasteiger partial charge in [0.2, 0.25) is 0 Å². The summed E-state index contributed by atoms with van der Waals surface area (Å²) in [4.78, 5) is 31.3. The molecule has 9 heteroatoms. The van der Waals surface area contributed by atoms with Crippen LogP contribution in [0.3, 0.4) is 0 Å². The van der Waals surface area contributed by atoms with E-state index in [2.05, 4.69) is 0 Å². The van der Waals surface area contributed by atoms with Gasteiger partial charge in [-0.3, -0.25) is 4.79 Å². The second-order valence-electron chi connectivity index (χ2n) is 8.80. The van der Waals surface area contributed by atoms with E-state index in [-0.39, 0.29) is 35.5 Å². The number of carboxylic acid groups (broad SMARTS) is 2. The van der Waals surface area contributed by atoms with Gasteiger partial charge in [0.15, 0.2) is 6.29 Å². The van der Waals surface area contributed by atoms with Crippen molar-refractivity contribution in [3.05, 3.63) is 70.8 Å². The molecule has 0 aliphatic carbocycles. The SMILES string of the molecule is CCC(C)O.CCC(O)CC1CC(C)OC(c2ccc(C(=O)O)cc2)O1.O=Cc1ccc(C(=O)O)cc1. The van der Waals surface area contributed by atoms with Crippen molar-refractivity contribution in [2.75, 3.05) is 0 Å². The molecule has 5 unspecified atom stereocenters. The number of aliphatic hydroxyl groups excluding tert-OH is 2. The van der Waals surface area contributed by atoms with Gasteiger partial charge in [-0.2, -0.15) is 0 Å². The summed E-state index contributed by atoms with van der Waals surface area (Å²) in [6.45, 7) is 7.65. The average Bonchev–Trinajstić information content (AvgIpc) is 2.89. The Morgan fingerprint density at radius 2 is 1.41 bits per heavy atom. The van der Waals surface area contributed by atoms with Crippen LogP contribution in [0, 0.1) is 0 Å². The Bertz CT molecular complexity index is 955. The second kappa shape index (κ2) is 16.6. The van der Waals surface area contributed by atoms with Gasteiger partial charge >= 0.3 is 11.9 Å². The number of ether oxygens (including phenoxy) is 2. The lowest BCUT2D eigenvalue weighted by Crippen LogP contribution is -2.34. The number of aldehydes is 1. The minimum absolute atomic E-state index is 0.0388. The Morgan fingerprint density at radius 1 is 0.919 bits per heavy atom. The highest BCUT2D eigenvalue weighted by atomic mass is 16.7. The fourth-order valence-electron chi connectivity index (χ4n) is 3.17. The molecule has 204 valence electrons. The van der Waals surface area contributed by atoms with E-state index in [0.717, 1.165) is 18.4 Å². The van der Waals surface area contributed by atoms with Gasteiger partial charge in [0, 0.05) is 11.1 Å². The van der Waals surface area contributed by atoms with Crippen LogP contribution >= 0.6 is 0 Å². The maximum Gasteiger partial charge on any atom is 0.335 e. The monoisotopic (exact) mass is 518 g/mol. The van der Waals surface area contributed by atoms with Crippen molar-refractivity contribution in [1.82, 2.24) is 0 Å². The summed E-state index contributed by atoms with van der Waals surface area (Å²) < 4.78 is 11.7. The number of carbonyl (C=O) groups excluding carboxylic acids is 1. The summed E-state index contributed by atoms with van der Waals surface area (Å²) >= 11 is 0. The van der Waals surface area contributed by atoms with Gasteiger partial charge in [0.1, 0.15) is 6.29 Å². The van der Waals surface area contributed by atoms with Crippen LogP contribution < -0.4 is 0 Å². The molecule has 9 nitrogen and oxygen atoms in total. The van der Waals surface area contributed by atoms with Crippen LogP contribution in [-0.4, -0.2) is 63.1 Å². The van der Waals surface area contributed by atoms with Gasteiger partial charge in [-0.1, -0.05) is 38.1 Å². The molecular formula is C28H38O9. The zero-order chi connectivity index (χ0) is 28.0. The third-order valence-electron chi connectivity index (χ3n) is 5.59. The molecule has 1 aliphatic rings. The Hall–Kier alpha value is -3.11. The van der Waals surface area contributed by atoms with Crippen LogP contribution in [0.25, 0.3) is 0 Å². The predicted molar refractivity (Wildman–Crippen MR) is 138 cm³/mol. The molecule has 5 atom stereocenters. The third-order valence-corrected chi connectivity index (χ3v) is 5.59. The van der Waals surface area contributed by atoms with Crippen LogP contribution in [0.1, 0.15) is 96.3 Å². The number of hydrogen-bond acceptors (Lipinski definition) is 7. The summed E-state index contributed by atoms with van der Waals surface area (Å²) in [5, 5.41) is 35.5. The van der Waals surface area contributed by atoms with E-state index in [1.807, 2.05) is 20.8 Å². The molecule has 1 saturated heterocycles. The van der Waals surface area contributed by atoms with Crippen molar-refractivity contribution in [2.24, 2.45) is 0 Å². The van der Waals surface area contributed by atoms with E-state index in [0.29, 0.717) is 24.7 Å². The lowest BCUT2D eigenvalue weighted by Gasteiger charge is -2.35. The van der Waals surface area contributed by atoms with Crippen LogP contribution in [0.5, 0.6) is 0 Å². The summed E-state index contributed by atoms with van der Waals surface area (Å²) in [7, 11) is 0. The van der Waals surface area contributed by atoms with E-state index in [1.54, 1.807) is 31.2 Å². The summed E-state index contributed by atoms with van der Waals surface area (Å²) in [5.41, 5.74) is 1.70. The van der Waals surface area contributed by atoms with Crippen LogP contribution in [0.15, 0.2) is 48.5 Å². The van der Waals surface area contributed by atoms with Gasteiger partial charge in [-0.15, -0.1) is 0 Å². The molecule has 3 rings (SSSR count). The van der Waals surface area contributed by atoms with Crippen LogP contribution in [-0.2, 0) is 9.47 Å². The molecule has 2 aromatic rings. The van der Waals surface area contributed by atoms with Crippen LogP contribution in [0.2, 0.25) is 0 Å². The molecule has 2 aromatic carbocycles. The van der Waals surface area contributed by atoms with Gasteiger partial charge in [-0.25, -0.2) is 9.59 Å². The number of aliphatic hydroxyl groups is 2. The smallest absolute Gasteiger partial charge is 0.335 e. The number of carboxylic acids is 2.